The van der Waals surface area contributed by atoms with Crippen LogP contribution in [-0.4, -0.2) is 25.0 Å². The highest BCUT2D eigenvalue weighted by Crippen LogP contribution is 2.24. The van der Waals surface area contributed by atoms with Gasteiger partial charge in [0.25, 0.3) is 5.89 Å². The summed E-state index contributed by atoms with van der Waals surface area (Å²) in [6, 6.07) is 13.9. The third-order valence-corrected chi connectivity index (χ3v) is 3.56. The second kappa shape index (κ2) is 6.04. The molecular weight excluding hydrogens is 309 g/mol. The highest BCUT2D eigenvalue weighted by Gasteiger charge is 2.17. The van der Waals surface area contributed by atoms with Gasteiger partial charge < -0.3 is 4.42 Å². The first-order chi connectivity index (χ1) is 11.8. The van der Waals surface area contributed by atoms with Gasteiger partial charge in [-0.25, -0.2) is 4.39 Å². The van der Waals surface area contributed by atoms with Gasteiger partial charge in [0.2, 0.25) is 6.39 Å². The maximum atomic E-state index is 14.0. The van der Waals surface area contributed by atoms with E-state index in [0.29, 0.717) is 28.5 Å². The molecule has 118 valence electrons. The van der Waals surface area contributed by atoms with Crippen LogP contribution in [0, 0.1) is 5.82 Å². The van der Waals surface area contributed by atoms with E-state index in [0.717, 1.165) is 0 Å². The summed E-state index contributed by atoms with van der Waals surface area (Å²) in [5, 5.41) is 12.2. The molecular formula is C17H12FN5O. The van der Waals surface area contributed by atoms with Gasteiger partial charge in [0.1, 0.15) is 17.2 Å². The number of nitrogens with zero attached hydrogens (tertiary/aromatic N) is 5. The number of hydrogen-bond donors (Lipinski definition) is 0. The number of hydrogen-bond acceptors (Lipinski definition) is 5. The second-order valence-electron chi connectivity index (χ2n) is 5.12. The van der Waals surface area contributed by atoms with Gasteiger partial charge in [-0.1, -0.05) is 24.3 Å². The van der Waals surface area contributed by atoms with Gasteiger partial charge in [-0.3, -0.25) is 9.67 Å². The molecule has 0 atom stereocenters. The number of rotatable bonds is 4. The SMILES string of the molecule is Fc1ccccc1Cn1nc(-c2ccccn2)cc1-c1nnco1. The summed E-state index contributed by atoms with van der Waals surface area (Å²) in [5.74, 6) is 0.0323. The highest BCUT2D eigenvalue weighted by atomic mass is 19.1. The Labute approximate surface area is 136 Å². The van der Waals surface area contributed by atoms with Crippen molar-refractivity contribution in [2.75, 3.05) is 0 Å². The van der Waals surface area contributed by atoms with Crippen LogP contribution in [-0.2, 0) is 6.54 Å². The van der Waals surface area contributed by atoms with E-state index in [1.54, 1.807) is 35.1 Å². The first-order valence-electron chi connectivity index (χ1n) is 7.30. The summed E-state index contributed by atoms with van der Waals surface area (Å²) in [6.07, 6.45) is 2.94. The quantitative estimate of drug-likeness (QED) is 0.577. The van der Waals surface area contributed by atoms with Crippen molar-refractivity contribution in [2.45, 2.75) is 6.54 Å². The third-order valence-electron chi connectivity index (χ3n) is 3.56. The lowest BCUT2D eigenvalue weighted by Crippen LogP contribution is -2.06. The zero-order chi connectivity index (χ0) is 16.4. The van der Waals surface area contributed by atoms with E-state index in [2.05, 4.69) is 20.3 Å². The van der Waals surface area contributed by atoms with Crippen molar-refractivity contribution in [1.29, 1.82) is 0 Å². The molecule has 0 aliphatic rings. The van der Waals surface area contributed by atoms with Crippen molar-refractivity contribution in [3.8, 4) is 23.0 Å². The Morgan fingerprint density at radius 1 is 1.04 bits per heavy atom. The van der Waals surface area contributed by atoms with Gasteiger partial charge in [-0.2, -0.15) is 5.10 Å². The van der Waals surface area contributed by atoms with Crippen LogP contribution in [0.25, 0.3) is 23.0 Å². The minimum atomic E-state index is -0.288. The predicted molar refractivity (Wildman–Crippen MR) is 84.3 cm³/mol. The molecule has 0 amide bonds. The molecule has 3 aromatic heterocycles. The minimum absolute atomic E-state index is 0.247. The third kappa shape index (κ3) is 2.67. The Kier molecular flexibility index (Phi) is 3.59. The number of aromatic nitrogens is 5. The lowest BCUT2D eigenvalue weighted by Gasteiger charge is -2.06. The Morgan fingerprint density at radius 3 is 2.67 bits per heavy atom. The van der Waals surface area contributed by atoms with Crippen molar-refractivity contribution in [1.82, 2.24) is 25.0 Å². The number of pyridine rings is 1. The van der Waals surface area contributed by atoms with Crippen LogP contribution in [0.15, 0.2) is 65.5 Å². The zero-order valence-electron chi connectivity index (χ0n) is 12.5. The molecule has 0 bridgehead atoms. The lowest BCUT2D eigenvalue weighted by molar-refractivity contribution is 0.550. The fraction of sp³-hybridized carbons (Fsp3) is 0.0588. The first-order valence-corrected chi connectivity index (χ1v) is 7.30. The van der Waals surface area contributed by atoms with Crippen LogP contribution in [0.4, 0.5) is 4.39 Å². The molecule has 4 rings (SSSR count). The van der Waals surface area contributed by atoms with E-state index in [1.165, 1.54) is 12.5 Å². The van der Waals surface area contributed by atoms with Gasteiger partial charge in [0, 0.05) is 11.8 Å². The summed E-state index contributed by atoms with van der Waals surface area (Å²) in [5.41, 5.74) is 2.50. The summed E-state index contributed by atoms with van der Waals surface area (Å²) in [6.45, 7) is 0.247. The molecule has 0 N–H and O–H groups in total. The molecule has 0 fully saturated rings. The predicted octanol–water partition coefficient (Wildman–Crippen LogP) is 3.18. The van der Waals surface area contributed by atoms with E-state index in [9.17, 15) is 4.39 Å². The molecule has 4 aromatic rings. The van der Waals surface area contributed by atoms with Gasteiger partial charge in [-0.05, 0) is 24.3 Å². The minimum Gasteiger partial charge on any atom is -0.422 e. The van der Waals surface area contributed by atoms with Crippen LogP contribution in [0.3, 0.4) is 0 Å². The molecule has 0 saturated carbocycles. The molecule has 24 heavy (non-hydrogen) atoms. The number of benzene rings is 1. The van der Waals surface area contributed by atoms with E-state index in [-0.39, 0.29) is 12.4 Å². The van der Waals surface area contributed by atoms with Crippen molar-refractivity contribution in [2.24, 2.45) is 0 Å². The Balaban J connectivity index is 1.80. The van der Waals surface area contributed by atoms with E-state index >= 15 is 0 Å². The standard InChI is InChI=1S/C17H12FN5O/c18-13-6-2-1-5-12(13)10-23-16(17-21-20-11-24-17)9-15(22-23)14-7-3-4-8-19-14/h1-9,11H,10H2. The molecule has 0 aliphatic carbocycles. The second-order valence-corrected chi connectivity index (χ2v) is 5.12. The summed E-state index contributed by atoms with van der Waals surface area (Å²) in [4.78, 5) is 4.29. The molecule has 0 spiro atoms. The van der Waals surface area contributed by atoms with Crippen LogP contribution in [0.2, 0.25) is 0 Å². The molecule has 6 nitrogen and oxygen atoms in total. The molecule has 0 aliphatic heterocycles. The van der Waals surface area contributed by atoms with Crippen molar-refractivity contribution in [3.63, 3.8) is 0 Å². The van der Waals surface area contributed by atoms with Crippen molar-refractivity contribution < 1.29 is 8.81 Å². The van der Waals surface area contributed by atoms with Gasteiger partial charge in [0.05, 0.1) is 12.2 Å². The van der Waals surface area contributed by atoms with Gasteiger partial charge >= 0.3 is 0 Å². The highest BCUT2D eigenvalue weighted by molar-refractivity contribution is 5.61. The summed E-state index contributed by atoms with van der Waals surface area (Å²) < 4.78 is 20.9. The Bertz CT molecular complexity index is 950. The topological polar surface area (TPSA) is 69.6 Å². The summed E-state index contributed by atoms with van der Waals surface area (Å²) >= 11 is 0. The van der Waals surface area contributed by atoms with E-state index < -0.39 is 0 Å². The fourth-order valence-electron chi connectivity index (χ4n) is 2.42. The van der Waals surface area contributed by atoms with Crippen LogP contribution < -0.4 is 0 Å². The normalized spacial score (nSPS) is 10.9. The van der Waals surface area contributed by atoms with Gasteiger partial charge in [0.15, 0.2) is 0 Å². The van der Waals surface area contributed by atoms with Crippen LogP contribution >= 0.6 is 0 Å². The maximum Gasteiger partial charge on any atom is 0.265 e. The smallest absolute Gasteiger partial charge is 0.265 e. The van der Waals surface area contributed by atoms with E-state index in [1.807, 2.05) is 18.2 Å². The molecule has 0 unspecified atom stereocenters. The van der Waals surface area contributed by atoms with Crippen LogP contribution in [0.5, 0.6) is 0 Å². The molecule has 0 saturated heterocycles. The van der Waals surface area contributed by atoms with Crippen molar-refractivity contribution >= 4 is 0 Å². The largest absolute Gasteiger partial charge is 0.422 e. The molecule has 0 radical (unpaired) electrons. The zero-order valence-corrected chi connectivity index (χ0v) is 12.5. The monoisotopic (exact) mass is 321 g/mol. The number of halogens is 1. The molecule has 3 heterocycles. The Morgan fingerprint density at radius 2 is 1.92 bits per heavy atom. The average Bonchev–Trinajstić information content (AvgIpc) is 3.27. The van der Waals surface area contributed by atoms with E-state index in [4.69, 9.17) is 4.42 Å². The van der Waals surface area contributed by atoms with Crippen molar-refractivity contribution in [3.05, 3.63) is 72.5 Å². The maximum absolute atomic E-state index is 14.0. The average molecular weight is 321 g/mol. The van der Waals surface area contributed by atoms with Crippen LogP contribution in [0.1, 0.15) is 5.56 Å². The molecule has 1 aromatic carbocycles. The fourth-order valence-corrected chi connectivity index (χ4v) is 2.42. The molecule has 7 heteroatoms. The Hall–Kier alpha value is -3.35. The lowest BCUT2D eigenvalue weighted by atomic mass is 10.2. The summed E-state index contributed by atoms with van der Waals surface area (Å²) in [7, 11) is 0. The first kappa shape index (κ1) is 14.3. The van der Waals surface area contributed by atoms with Gasteiger partial charge in [-0.15, -0.1) is 10.2 Å².